The normalized spacial score (nSPS) is 15.4. The second-order valence-electron chi connectivity index (χ2n) is 4.32. The molecular weight excluding hydrogens is 222 g/mol. The van der Waals surface area contributed by atoms with Gasteiger partial charge in [0.15, 0.2) is 0 Å². The van der Waals surface area contributed by atoms with Gasteiger partial charge in [0.25, 0.3) is 0 Å². The van der Waals surface area contributed by atoms with Gasteiger partial charge in [-0.15, -0.1) is 0 Å². The highest BCUT2D eigenvalue weighted by atomic mass is 35.5. The summed E-state index contributed by atoms with van der Waals surface area (Å²) in [6.07, 6.45) is 3.56. The van der Waals surface area contributed by atoms with Crippen LogP contribution in [0.25, 0.3) is 0 Å². The molecule has 88 valence electrons. The van der Waals surface area contributed by atoms with Crippen molar-refractivity contribution in [3.05, 3.63) is 34.3 Å². The fraction of sp³-hybridized carbons (Fsp3) is 0.538. The summed E-state index contributed by atoms with van der Waals surface area (Å²) in [5.41, 5.74) is 2.49. The van der Waals surface area contributed by atoms with E-state index in [4.69, 9.17) is 16.3 Å². The number of hydrogen-bond donors (Lipinski definition) is 1. The van der Waals surface area contributed by atoms with E-state index in [-0.39, 0.29) is 0 Å². The first-order chi connectivity index (χ1) is 7.79. The standard InChI is InChI=1S/C13H18ClNO/c1-16-7-6-10-2-5-13(14)11(8-10)9-15-12-3-4-12/h2,5,8,12,15H,3-4,6-7,9H2,1H3. The van der Waals surface area contributed by atoms with Crippen molar-refractivity contribution in [2.75, 3.05) is 13.7 Å². The summed E-state index contributed by atoms with van der Waals surface area (Å²) in [7, 11) is 1.73. The molecular formula is C13H18ClNO. The molecule has 1 aromatic carbocycles. The van der Waals surface area contributed by atoms with Gasteiger partial charge in [-0.3, -0.25) is 0 Å². The van der Waals surface area contributed by atoms with Crippen molar-refractivity contribution in [2.45, 2.75) is 31.8 Å². The highest BCUT2D eigenvalue weighted by Crippen LogP contribution is 2.22. The molecule has 1 aliphatic carbocycles. The molecule has 0 amide bonds. The number of rotatable bonds is 6. The molecule has 1 aliphatic rings. The molecule has 0 radical (unpaired) electrons. The third-order valence-corrected chi connectivity index (χ3v) is 3.23. The van der Waals surface area contributed by atoms with E-state index in [1.165, 1.54) is 24.0 Å². The molecule has 2 nitrogen and oxygen atoms in total. The first-order valence-electron chi connectivity index (χ1n) is 5.79. The van der Waals surface area contributed by atoms with Crippen LogP contribution >= 0.6 is 11.6 Å². The molecule has 0 spiro atoms. The molecule has 0 aliphatic heterocycles. The first kappa shape index (κ1) is 11.9. The van der Waals surface area contributed by atoms with Crippen LogP contribution in [-0.4, -0.2) is 19.8 Å². The van der Waals surface area contributed by atoms with Gasteiger partial charge >= 0.3 is 0 Å². The Morgan fingerprint density at radius 2 is 2.25 bits per heavy atom. The fourth-order valence-electron chi connectivity index (χ4n) is 1.68. The Morgan fingerprint density at radius 3 is 2.94 bits per heavy atom. The quantitative estimate of drug-likeness (QED) is 0.824. The van der Waals surface area contributed by atoms with Gasteiger partial charge in [0, 0.05) is 24.7 Å². The Labute approximate surface area is 102 Å². The molecule has 0 bridgehead atoms. The molecule has 0 unspecified atom stereocenters. The van der Waals surface area contributed by atoms with E-state index in [0.29, 0.717) is 0 Å². The lowest BCUT2D eigenvalue weighted by Crippen LogP contribution is -2.15. The van der Waals surface area contributed by atoms with E-state index in [2.05, 4.69) is 17.4 Å². The lowest BCUT2D eigenvalue weighted by molar-refractivity contribution is 0.202. The maximum Gasteiger partial charge on any atom is 0.0502 e. The molecule has 3 heteroatoms. The highest BCUT2D eigenvalue weighted by Gasteiger charge is 2.20. The van der Waals surface area contributed by atoms with Crippen LogP contribution in [0.4, 0.5) is 0 Å². The SMILES string of the molecule is COCCc1ccc(Cl)c(CNC2CC2)c1. The van der Waals surface area contributed by atoms with Gasteiger partial charge in [-0.1, -0.05) is 23.7 Å². The van der Waals surface area contributed by atoms with E-state index in [1.54, 1.807) is 7.11 Å². The van der Waals surface area contributed by atoms with Crippen LogP contribution in [0.2, 0.25) is 5.02 Å². The van der Waals surface area contributed by atoms with Crippen LogP contribution in [0.5, 0.6) is 0 Å². The Balaban J connectivity index is 1.96. The molecule has 0 atom stereocenters. The van der Waals surface area contributed by atoms with Crippen molar-refractivity contribution in [1.82, 2.24) is 5.32 Å². The summed E-state index contributed by atoms with van der Waals surface area (Å²) in [5, 5.41) is 4.34. The first-order valence-corrected chi connectivity index (χ1v) is 6.17. The molecule has 2 rings (SSSR count). The largest absolute Gasteiger partial charge is 0.384 e. The molecule has 0 saturated heterocycles. The van der Waals surface area contributed by atoms with E-state index < -0.39 is 0 Å². The molecule has 1 fully saturated rings. The van der Waals surface area contributed by atoms with E-state index in [9.17, 15) is 0 Å². The van der Waals surface area contributed by atoms with Crippen molar-refractivity contribution in [2.24, 2.45) is 0 Å². The zero-order chi connectivity index (χ0) is 11.4. The third-order valence-electron chi connectivity index (χ3n) is 2.86. The van der Waals surface area contributed by atoms with Crippen LogP contribution in [-0.2, 0) is 17.7 Å². The molecule has 0 heterocycles. The number of hydrogen-bond acceptors (Lipinski definition) is 2. The monoisotopic (exact) mass is 239 g/mol. The minimum Gasteiger partial charge on any atom is -0.384 e. The van der Waals surface area contributed by atoms with Crippen LogP contribution in [0.15, 0.2) is 18.2 Å². The molecule has 1 aromatic rings. The van der Waals surface area contributed by atoms with Crippen molar-refractivity contribution >= 4 is 11.6 Å². The Morgan fingerprint density at radius 1 is 1.44 bits per heavy atom. The van der Waals surface area contributed by atoms with Crippen molar-refractivity contribution < 1.29 is 4.74 Å². The molecule has 1 saturated carbocycles. The van der Waals surface area contributed by atoms with Gasteiger partial charge in [0.1, 0.15) is 0 Å². The number of nitrogens with one attached hydrogen (secondary N) is 1. The average molecular weight is 240 g/mol. The van der Waals surface area contributed by atoms with Gasteiger partial charge < -0.3 is 10.1 Å². The van der Waals surface area contributed by atoms with Crippen molar-refractivity contribution in [1.29, 1.82) is 0 Å². The maximum absolute atomic E-state index is 6.16. The Hall–Kier alpha value is -0.570. The predicted octanol–water partition coefficient (Wildman–Crippen LogP) is 2.78. The summed E-state index contributed by atoms with van der Waals surface area (Å²) in [6, 6.07) is 6.95. The smallest absolute Gasteiger partial charge is 0.0502 e. The summed E-state index contributed by atoms with van der Waals surface area (Å²) in [4.78, 5) is 0. The van der Waals surface area contributed by atoms with Gasteiger partial charge in [-0.25, -0.2) is 0 Å². The van der Waals surface area contributed by atoms with Crippen LogP contribution in [0.1, 0.15) is 24.0 Å². The third kappa shape index (κ3) is 3.48. The van der Waals surface area contributed by atoms with Crippen molar-refractivity contribution in [3.63, 3.8) is 0 Å². The highest BCUT2D eigenvalue weighted by molar-refractivity contribution is 6.31. The fourth-order valence-corrected chi connectivity index (χ4v) is 1.87. The number of benzene rings is 1. The van der Waals surface area contributed by atoms with Gasteiger partial charge in [0.2, 0.25) is 0 Å². The van der Waals surface area contributed by atoms with Gasteiger partial charge in [-0.05, 0) is 36.5 Å². The van der Waals surface area contributed by atoms with Gasteiger partial charge in [0.05, 0.1) is 6.61 Å². The minimum absolute atomic E-state index is 0.721. The molecule has 16 heavy (non-hydrogen) atoms. The Bertz CT molecular complexity index is 350. The van der Waals surface area contributed by atoms with Crippen LogP contribution in [0.3, 0.4) is 0 Å². The zero-order valence-corrected chi connectivity index (χ0v) is 10.4. The van der Waals surface area contributed by atoms with Crippen LogP contribution < -0.4 is 5.32 Å². The topological polar surface area (TPSA) is 21.3 Å². The second kappa shape index (κ2) is 5.67. The predicted molar refractivity (Wildman–Crippen MR) is 66.9 cm³/mol. The average Bonchev–Trinajstić information content (AvgIpc) is 3.10. The second-order valence-corrected chi connectivity index (χ2v) is 4.73. The lowest BCUT2D eigenvalue weighted by atomic mass is 10.1. The van der Waals surface area contributed by atoms with Crippen LogP contribution in [0, 0.1) is 0 Å². The zero-order valence-electron chi connectivity index (χ0n) is 9.63. The van der Waals surface area contributed by atoms with E-state index >= 15 is 0 Å². The minimum atomic E-state index is 0.721. The number of ether oxygens (including phenoxy) is 1. The lowest BCUT2D eigenvalue weighted by Gasteiger charge is -2.08. The maximum atomic E-state index is 6.16. The van der Waals surface area contributed by atoms with E-state index in [1.807, 2.05) is 6.07 Å². The summed E-state index contributed by atoms with van der Waals surface area (Å²) in [5.74, 6) is 0. The Kier molecular flexibility index (Phi) is 4.22. The molecule has 1 N–H and O–H groups in total. The summed E-state index contributed by atoms with van der Waals surface area (Å²) < 4.78 is 5.08. The summed E-state index contributed by atoms with van der Waals surface area (Å²) >= 11 is 6.16. The number of halogens is 1. The van der Waals surface area contributed by atoms with Gasteiger partial charge in [-0.2, -0.15) is 0 Å². The summed E-state index contributed by atoms with van der Waals surface area (Å²) in [6.45, 7) is 1.64. The number of methoxy groups -OCH3 is 1. The molecule has 0 aromatic heterocycles. The van der Waals surface area contributed by atoms with Crippen molar-refractivity contribution in [3.8, 4) is 0 Å². The van der Waals surface area contributed by atoms with E-state index in [0.717, 1.165) is 30.6 Å².